The van der Waals surface area contributed by atoms with E-state index in [0.29, 0.717) is 6.61 Å². The smallest absolute Gasteiger partial charge is 0.308 e. The van der Waals surface area contributed by atoms with Gasteiger partial charge in [-0.25, -0.2) is 0 Å². The summed E-state index contributed by atoms with van der Waals surface area (Å²) in [6, 6.07) is 7.02. The monoisotopic (exact) mass is 306 g/mol. The minimum Gasteiger partial charge on any atom is -0.466 e. The maximum absolute atomic E-state index is 12.3. The first-order valence-corrected chi connectivity index (χ1v) is 7.63. The van der Waals surface area contributed by atoms with Crippen molar-refractivity contribution in [2.45, 2.75) is 46.2 Å². The molecule has 0 saturated carbocycles. The molecule has 0 heterocycles. The number of hydrogen-bond acceptors (Lipinski definition) is 4. The zero-order chi connectivity index (χ0) is 16.7. The Morgan fingerprint density at radius 2 is 1.91 bits per heavy atom. The Hall–Kier alpha value is -1.88. The fourth-order valence-corrected chi connectivity index (χ4v) is 2.15. The molecule has 3 N–H and O–H groups in total. The lowest BCUT2D eigenvalue weighted by Crippen LogP contribution is -2.41. The number of rotatable bonds is 7. The van der Waals surface area contributed by atoms with Crippen molar-refractivity contribution < 1.29 is 14.3 Å². The zero-order valence-electron chi connectivity index (χ0n) is 13.8. The Morgan fingerprint density at radius 1 is 1.27 bits per heavy atom. The zero-order valence-corrected chi connectivity index (χ0v) is 13.8. The highest BCUT2D eigenvalue weighted by atomic mass is 16.5. The van der Waals surface area contributed by atoms with Crippen molar-refractivity contribution in [3.8, 4) is 0 Å². The Balaban J connectivity index is 2.94. The van der Waals surface area contributed by atoms with E-state index >= 15 is 0 Å². The van der Waals surface area contributed by atoms with Crippen LogP contribution in [0.1, 0.15) is 44.4 Å². The van der Waals surface area contributed by atoms with E-state index in [9.17, 15) is 9.59 Å². The Morgan fingerprint density at radius 3 is 2.45 bits per heavy atom. The molecule has 122 valence electrons. The fraction of sp³-hybridized carbons (Fsp3) is 0.529. The maximum Gasteiger partial charge on any atom is 0.308 e. The summed E-state index contributed by atoms with van der Waals surface area (Å²) in [5, 5.41) is 2.92. The molecule has 0 radical (unpaired) electrons. The third-order valence-electron chi connectivity index (χ3n) is 3.76. The van der Waals surface area contributed by atoms with Crippen LogP contribution >= 0.6 is 0 Å². The van der Waals surface area contributed by atoms with Gasteiger partial charge in [0.15, 0.2) is 0 Å². The molecule has 5 heteroatoms. The second-order valence-corrected chi connectivity index (χ2v) is 5.57. The molecule has 0 spiro atoms. The van der Waals surface area contributed by atoms with Crippen LogP contribution in [0.2, 0.25) is 0 Å². The normalized spacial score (nSPS) is 14.8. The summed E-state index contributed by atoms with van der Waals surface area (Å²) in [4.78, 5) is 24.1. The molecule has 1 rings (SSSR count). The van der Waals surface area contributed by atoms with Gasteiger partial charge in [-0.3, -0.25) is 9.59 Å². The standard InChI is InChI=1S/C17H26N2O3/c1-5-22-16(20)10-15(14-9-7-6-8-11(14)2)19-17(21)12(3)13(4)18/h6-9,12-13,15H,5,10,18H2,1-4H3,(H,19,21). The summed E-state index contributed by atoms with van der Waals surface area (Å²) in [5.74, 6) is -0.814. The molecule has 0 aliphatic heterocycles. The first-order chi connectivity index (χ1) is 10.4. The van der Waals surface area contributed by atoms with E-state index in [1.165, 1.54) is 0 Å². The van der Waals surface area contributed by atoms with Gasteiger partial charge in [-0.05, 0) is 31.9 Å². The van der Waals surface area contributed by atoms with Gasteiger partial charge in [0.25, 0.3) is 0 Å². The van der Waals surface area contributed by atoms with E-state index in [1.54, 1.807) is 20.8 Å². The minimum absolute atomic E-state index is 0.107. The van der Waals surface area contributed by atoms with Crippen molar-refractivity contribution >= 4 is 11.9 Å². The number of nitrogens with two attached hydrogens (primary N) is 1. The van der Waals surface area contributed by atoms with E-state index in [0.717, 1.165) is 11.1 Å². The highest BCUT2D eigenvalue weighted by molar-refractivity contribution is 5.80. The summed E-state index contributed by atoms with van der Waals surface area (Å²) in [6.45, 7) is 7.60. The van der Waals surface area contributed by atoms with Crippen LogP contribution in [0.15, 0.2) is 24.3 Å². The van der Waals surface area contributed by atoms with Gasteiger partial charge in [-0.15, -0.1) is 0 Å². The Kier molecular flexibility index (Phi) is 7.05. The molecule has 0 aliphatic carbocycles. The molecule has 0 saturated heterocycles. The highest BCUT2D eigenvalue weighted by Gasteiger charge is 2.24. The van der Waals surface area contributed by atoms with Crippen LogP contribution in [0, 0.1) is 12.8 Å². The number of carbonyl (C=O) groups is 2. The molecule has 0 bridgehead atoms. The van der Waals surface area contributed by atoms with Gasteiger partial charge in [-0.2, -0.15) is 0 Å². The first kappa shape index (κ1) is 18.2. The number of amides is 1. The van der Waals surface area contributed by atoms with E-state index < -0.39 is 6.04 Å². The van der Waals surface area contributed by atoms with Crippen molar-refractivity contribution in [1.29, 1.82) is 0 Å². The lowest BCUT2D eigenvalue weighted by Gasteiger charge is -2.23. The number of ether oxygens (including phenoxy) is 1. The highest BCUT2D eigenvalue weighted by Crippen LogP contribution is 2.22. The summed E-state index contributed by atoms with van der Waals surface area (Å²) in [7, 11) is 0. The average Bonchev–Trinajstić information content (AvgIpc) is 2.46. The molecular formula is C17H26N2O3. The number of nitrogens with one attached hydrogen (secondary N) is 1. The molecule has 0 aliphatic rings. The molecule has 1 amide bonds. The SMILES string of the molecule is CCOC(=O)CC(NC(=O)C(C)C(C)N)c1ccccc1C. The van der Waals surface area contributed by atoms with Gasteiger partial charge in [0.2, 0.25) is 5.91 Å². The van der Waals surface area contributed by atoms with Gasteiger partial charge in [-0.1, -0.05) is 31.2 Å². The predicted molar refractivity (Wildman–Crippen MR) is 86.1 cm³/mol. The maximum atomic E-state index is 12.3. The number of hydrogen-bond donors (Lipinski definition) is 2. The lowest BCUT2D eigenvalue weighted by atomic mass is 9.97. The van der Waals surface area contributed by atoms with Crippen LogP contribution in [0.5, 0.6) is 0 Å². The van der Waals surface area contributed by atoms with Crippen LogP contribution in [0.25, 0.3) is 0 Å². The van der Waals surface area contributed by atoms with Crippen LogP contribution < -0.4 is 11.1 Å². The second-order valence-electron chi connectivity index (χ2n) is 5.57. The molecule has 1 aromatic rings. The van der Waals surface area contributed by atoms with Crippen molar-refractivity contribution in [2.75, 3.05) is 6.61 Å². The first-order valence-electron chi connectivity index (χ1n) is 7.63. The van der Waals surface area contributed by atoms with Crippen molar-refractivity contribution in [2.24, 2.45) is 11.7 Å². The molecule has 3 atom stereocenters. The lowest BCUT2D eigenvalue weighted by molar-refractivity contribution is -0.143. The van der Waals surface area contributed by atoms with E-state index in [-0.39, 0.29) is 30.3 Å². The molecule has 0 fully saturated rings. The Bertz CT molecular complexity index is 514. The third-order valence-corrected chi connectivity index (χ3v) is 3.76. The topological polar surface area (TPSA) is 81.4 Å². The molecule has 22 heavy (non-hydrogen) atoms. The minimum atomic E-state index is -0.408. The van der Waals surface area contributed by atoms with E-state index in [4.69, 9.17) is 10.5 Å². The van der Waals surface area contributed by atoms with Crippen molar-refractivity contribution in [1.82, 2.24) is 5.32 Å². The van der Waals surface area contributed by atoms with Crippen LogP contribution in [-0.2, 0) is 14.3 Å². The average molecular weight is 306 g/mol. The van der Waals surface area contributed by atoms with Crippen molar-refractivity contribution in [3.05, 3.63) is 35.4 Å². The molecular weight excluding hydrogens is 280 g/mol. The van der Waals surface area contributed by atoms with E-state index in [1.807, 2.05) is 31.2 Å². The number of esters is 1. The van der Waals surface area contributed by atoms with Crippen molar-refractivity contribution in [3.63, 3.8) is 0 Å². The van der Waals surface area contributed by atoms with Gasteiger partial charge in [0, 0.05) is 12.0 Å². The van der Waals surface area contributed by atoms with Gasteiger partial charge in [0.1, 0.15) is 0 Å². The van der Waals surface area contributed by atoms with Gasteiger partial charge in [0.05, 0.1) is 19.1 Å². The molecule has 1 aromatic carbocycles. The number of aryl methyl sites for hydroxylation is 1. The predicted octanol–water partition coefficient (Wildman–Crippen LogP) is 2.09. The molecule has 0 aromatic heterocycles. The third kappa shape index (κ3) is 5.15. The van der Waals surface area contributed by atoms with Crippen LogP contribution in [-0.4, -0.2) is 24.5 Å². The molecule has 5 nitrogen and oxygen atoms in total. The summed E-state index contributed by atoms with van der Waals surface area (Å²) in [6.07, 6.45) is 0.107. The largest absolute Gasteiger partial charge is 0.466 e. The number of benzene rings is 1. The summed E-state index contributed by atoms with van der Waals surface area (Å²) < 4.78 is 5.01. The second kappa shape index (κ2) is 8.54. The van der Waals surface area contributed by atoms with Crippen LogP contribution in [0.4, 0.5) is 0 Å². The summed E-state index contributed by atoms with van der Waals surface area (Å²) >= 11 is 0. The Labute approximate surface area is 132 Å². The van der Waals surface area contributed by atoms with Gasteiger partial charge < -0.3 is 15.8 Å². The number of carbonyl (C=O) groups excluding carboxylic acids is 2. The molecule has 3 unspecified atom stereocenters. The van der Waals surface area contributed by atoms with Crippen LogP contribution in [0.3, 0.4) is 0 Å². The quantitative estimate of drug-likeness (QED) is 0.756. The summed E-state index contributed by atoms with van der Waals surface area (Å²) in [5.41, 5.74) is 7.71. The fourth-order valence-electron chi connectivity index (χ4n) is 2.15. The van der Waals surface area contributed by atoms with Gasteiger partial charge >= 0.3 is 5.97 Å². The van der Waals surface area contributed by atoms with E-state index in [2.05, 4.69) is 5.32 Å².